The van der Waals surface area contributed by atoms with E-state index in [1.807, 2.05) is 6.07 Å². The fraction of sp³-hybridized carbons (Fsp3) is 0.692. The molecule has 1 aromatic rings. The van der Waals surface area contributed by atoms with Crippen LogP contribution in [0.4, 0.5) is 0 Å². The molecule has 0 radical (unpaired) electrons. The highest BCUT2D eigenvalue weighted by atomic mass is 16.3. The zero-order valence-corrected chi connectivity index (χ0v) is 9.59. The molecule has 1 N–H and O–H groups in total. The van der Waals surface area contributed by atoms with Crippen molar-refractivity contribution in [3.63, 3.8) is 0 Å². The molecule has 2 rings (SSSR count). The normalized spacial score (nSPS) is 27.5. The van der Waals surface area contributed by atoms with Crippen LogP contribution in [0.25, 0.3) is 0 Å². The average molecular weight is 207 g/mol. The number of furan rings is 1. The third-order valence-corrected chi connectivity index (χ3v) is 3.60. The van der Waals surface area contributed by atoms with Crippen LogP contribution in [-0.4, -0.2) is 12.1 Å². The molecule has 0 bridgehead atoms. The van der Waals surface area contributed by atoms with Crippen LogP contribution in [0.5, 0.6) is 0 Å². The Hall–Kier alpha value is -0.760. The van der Waals surface area contributed by atoms with Gasteiger partial charge in [0.25, 0.3) is 0 Å². The fourth-order valence-corrected chi connectivity index (χ4v) is 2.53. The van der Waals surface area contributed by atoms with Gasteiger partial charge in [0.2, 0.25) is 0 Å². The second-order valence-electron chi connectivity index (χ2n) is 4.63. The first-order chi connectivity index (χ1) is 7.35. The first kappa shape index (κ1) is 10.7. The number of hydrogen-bond acceptors (Lipinski definition) is 2. The molecule has 1 unspecified atom stereocenters. The third kappa shape index (κ3) is 2.63. The first-order valence-electron chi connectivity index (χ1n) is 6.12. The zero-order chi connectivity index (χ0) is 10.6. The van der Waals surface area contributed by atoms with Gasteiger partial charge in [0.15, 0.2) is 0 Å². The van der Waals surface area contributed by atoms with Gasteiger partial charge in [-0.05, 0) is 37.9 Å². The van der Waals surface area contributed by atoms with E-state index in [2.05, 4.69) is 18.3 Å². The van der Waals surface area contributed by atoms with Gasteiger partial charge in [-0.15, -0.1) is 0 Å². The lowest BCUT2D eigenvalue weighted by Crippen LogP contribution is -2.45. The Balaban J connectivity index is 2.05. The smallest absolute Gasteiger partial charge is 0.105 e. The number of hydrogen-bond donors (Lipinski definition) is 1. The predicted molar refractivity (Wildman–Crippen MR) is 61.9 cm³/mol. The molecule has 2 heterocycles. The van der Waals surface area contributed by atoms with Gasteiger partial charge in [-0.3, -0.25) is 0 Å². The maximum Gasteiger partial charge on any atom is 0.105 e. The van der Waals surface area contributed by atoms with E-state index in [4.69, 9.17) is 4.42 Å². The van der Waals surface area contributed by atoms with E-state index in [0.717, 1.165) is 18.7 Å². The van der Waals surface area contributed by atoms with Crippen LogP contribution in [0.3, 0.4) is 0 Å². The van der Waals surface area contributed by atoms with Crippen molar-refractivity contribution in [1.29, 1.82) is 0 Å². The molecule has 84 valence electrons. The van der Waals surface area contributed by atoms with Crippen LogP contribution < -0.4 is 5.32 Å². The quantitative estimate of drug-likeness (QED) is 0.823. The molecule has 0 aromatic carbocycles. The summed E-state index contributed by atoms with van der Waals surface area (Å²) in [6.45, 7) is 3.44. The highest BCUT2D eigenvalue weighted by Crippen LogP contribution is 2.26. The molecule has 1 atom stereocenters. The molecule has 0 saturated carbocycles. The summed E-state index contributed by atoms with van der Waals surface area (Å²) < 4.78 is 5.46. The minimum Gasteiger partial charge on any atom is -0.469 e. The molecule has 1 saturated heterocycles. The fourth-order valence-electron chi connectivity index (χ4n) is 2.53. The maximum atomic E-state index is 5.46. The van der Waals surface area contributed by atoms with Gasteiger partial charge < -0.3 is 9.73 Å². The van der Waals surface area contributed by atoms with Crippen molar-refractivity contribution in [2.45, 2.75) is 51.0 Å². The highest BCUT2D eigenvalue weighted by molar-refractivity contribution is 5.05. The molecule has 2 nitrogen and oxygen atoms in total. The molecule has 0 amide bonds. The van der Waals surface area contributed by atoms with E-state index < -0.39 is 0 Å². The van der Waals surface area contributed by atoms with Gasteiger partial charge in [0.05, 0.1) is 6.26 Å². The van der Waals surface area contributed by atoms with E-state index in [9.17, 15) is 0 Å². The van der Waals surface area contributed by atoms with Gasteiger partial charge in [-0.1, -0.05) is 19.8 Å². The van der Waals surface area contributed by atoms with E-state index in [0.29, 0.717) is 0 Å². The number of rotatable bonds is 3. The molecule has 0 aliphatic carbocycles. The third-order valence-electron chi connectivity index (χ3n) is 3.60. The Labute approximate surface area is 92.1 Å². The van der Waals surface area contributed by atoms with Gasteiger partial charge in [-0.25, -0.2) is 0 Å². The summed E-state index contributed by atoms with van der Waals surface area (Å²) in [5.74, 6) is 1.12. The van der Waals surface area contributed by atoms with E-state index in [1.165, 1.54) is 32.1 Å². The minimum absolute atomic E-state index is 0.286. The Kier molecular flexibility index (Phi) is 3.47. The van der Waals surface area contributed by atoms with Gasteiger partial charge >= 0.3 is 0 Å². The van der Waals surface area contributed by atoms with E-state index >= 15 is 0 Å². The lowest BCUT2D eigenvalue weighted by molar-refractivity contribution is 0.282. The van der Waals surface area contributed by atoms with Crippen molar-refractivity contribution < 1.29 is 4.42 Å². The molecular weight excluding hydrogens is 186 g/mol. The molecule has 15 heavy (non-hydrogen) atoms. The lowest BCUT2D eigenvalue weighted by atomic mass is 9.86. The Morgan fingerprint density at radius 3 is 3.07 bits per heavy atom. The Bertz CT molecular complexity index is 271. The van der Waals surface area contributed by atoms with Crippen molar-refractivity contribution in [3.8, 4) is 0 Å². The second kappa shape index (κ2) is 4.84. The van der Waals surface area contributed by atoms with Crippen molar-refractivity contribution in [3.05, 3.63) is 24.2 Å². The summed E-state index contributed by atoms with van der Waals surface area (Å²) in [5, 5.41) is 3.72. The van der Waals surface area contributed by atoms with Crippen LogP contribution in [-0.2, 0) is 6.42 Å². The Morgan fingerprint density at radius 2 is 2.33 bits per heavy atom. The Morgan fingerprint density at radius 1 is 1.40 bits per heavy atom. The molecule has 1 aliphatic heterocycles. The van der Waals surface area contributed by atoms with Crippen molar-refractivity contribution in [2.24, 2.45) is 0 Å². The largest absolute Gasteiger partial charge is 0.469 e. The topological polar surface area (TPSA) is 25.2 Å². The molecular formula is C13H21NO. The van der Waals surface area contributed by atoms with Crippen molar-refractivity contribution >= 4 is 0 Å². The number of nitrogens with one attached hydrogen (secondary N) is 1. The van der Waals surface area contributed by atoms with E-state index in [1.54, 1.807) is 6.26 Å². The van der Waals surface area contributed by atoms with Crippen LogP contribution in [0.2, 0.25) is 0 Å². The zero-order valence-electron chi connectivity index (χ0n) is 9.59. The summed E-state index contributed by atoms with van der Waals surface area (Å²) in [6, 6.07) is 4.07. The van der Waals surface area contributed by atoms with Gasteiger partial charge in [0.1, 0.15) is 5.76 Å². The first-order valence-corrected chi connectivity index (χ1v) is 6.12. The molecule has 1 aliphatic rings. The van der Waals surface area contributed by atoms with E-state index in [-0.39, 0.29) is 5.54 Å². The molecule has 2 heteroatoms. The van der Waals surface area contributed by atoms with Gasteiger partial charge in [0, 0.05) is 12.0 Å². The van der Waals surface area contributed by atoms with Crippen molar-refractivity contribution in [1.82, 2.24) is 5.32 Å². The summed E-state index contributed by atoms with van der Waals surface area (Å²) in [6.07, 6.45) is 9.32. The summed E-state index contributed by atoms with van der Waals surface area (Å²) in [7, 11) is 0. The summed E-state index contributed by atoms with van der Waals surface area (Å²) in [5.41, 5.74) is 0.286. The van der Waals surface area contributed by atoms with Crippen molar-refractivity contribution in [2.75, 3.05) is 6.54 Å². The maximum absolute atomic E-state index is 5.46. The molecule has 1 fully saturated rings. The van der Waals surface area contributed by atoms with Gasteiger partial charge in [-0.2, -0.15) is 0 Å². The molecule has 1 aromatic heterocycles. The molecule has 0 spiro atoms. The monoisotopic (exact) mass is 207 g/mol. The van der Waals surface area contributed by atoms with Crippen LogP contribution >= 0.6 is 0 Å². The highest BCUT2D eigenvalue weighted by Gasteiger charge is 2.29. The van der Waals surface area contributed by atoms with Crippen LogP contribution in [0.15, 0.2) is 22.8 Å². The summed E-state index contributed by atoms with van der Waals surface area (Å²) >= 11 is 0. The standard InChI is InChI=1S/C13H21NO/c1-2-13(8-4-3-5-9-14-13)11-12-7-6-10-15-12/h6-7,10,14H,2-5,8-9,11H2,1H3. The van der Waals surface area contributed by atoms with Crippen LogP contribution in [0, 0.1) is 0 Å². The summed E-state index contributed by atoms with van der Waals surface area (Å²) in [4.78, 5) is 0. The lowest BCUT2D eigenvalue weighted by Gasteiger charge is -2.32. The predicted octanol–water partition coefficient (Wildman–Crippen LogP) is 3.13. The average Bonchev–Trinajstić information content (AvgIpc) is 2.64. The second-order valence-corrected chi connectivity index (χ2v) is 4.63. The van der Waals surface area contributed by atoms with Crippen LogP contribution in [0.1, 0.15) is 44.8 Å². The SMILES string of the molecule is CCC1(Cc2ccco2)CCCCCN1. The minimum atomic E-state index is 0.286.